The largest absolute Gasteiger partial charge is 0.409 e. The van der Waals surface area contributed by atoms with Gasteiger partial charge in [-0.05, 0) is 55.4 Å². The summed E-state index contributed by atoms with van der Waals surface area (Å²) in [6, 6.07) is 2.07. The fourth-order valence-corrected chi connectivity index (χ4v) is 3.54. The summed E-state index contributed by atoms with van der Waals surface area (Å²) >= 11 is 0. The maximum Gasteiger partial charge on any atom is 0.409 e. The molecular formula is C21H27F5O. The van der Waals surface area contributed by atoms with Gasteiger partial charge in [-0.2, -0.15) is 13.2 Å². The van der Waals surface area contributed by atoms with E-state index in [0.717, 1.165) is 43.7 Å². The van der Waals surface area contributed by atoms with Crippen molar-refractivity contribution in [2.75, 3.05) is 0 Å². The van der Waals surface area contributed by atoms with E-state index in [0.29, 0.717) is 11.6 Å². The Morgan fingerprint density at radius 1 is 1.04 bits per heavy atom. The van der Waals surface area contributed by atoms with Crippen molar-refractivity contribution < 1.29 is 26.7 Å². The quantitative estimate of drug-likeness (QED) is 0.337. The van der Waals surface area contributed by atoms with E-state index in [-0.39, 0.29) is 18.8 Å². The SMILES string of the molecule is CCCCCC1CCC(OCc2cc(F)c(/C=C/C(F)(F)F)c(F)c2)CC1. The number of alkyl halides is 3. The first-order chi connectivity index (χ1) is 12.8. The van der Waals surface area contributed by atoms with Crippen molar-refractivity contribution in [3.8, 4) is 0 Å². The number of ether oxygens (including phenoxy) is 1. The molecule has 0 atom stereocenters. The maximum absolute atomic E-state index is 13.9. The number of rotatable bonds is 8. The zero-order chi connectivity index (χ0) is 19.9. The molecule has 1 fully saturated rings. The zero-order valence-electron chi connectivity index (χ0n) is 15.6. The number of hydrogen-bond donors (Lipinski definition) is 0. The molecule has 1 aromatic carbocycles. The van der Waals surface area contributed by atoms with E-state index < -0.39 is 23.4 Å². The molecule has 1 aliphatic carbocycles. The molecule has 0 bridgehead atoms. The molecule has 1 aliphatic rings. The molecule has 6 heteroatoms. The summed E-state index contributed by atoms with van der Waals surface area (Å²) in [5, 5.41) is 0. The van der Waals surface area contributed by atoms with E-state index in [1.807, 2.05) is 0 Å². The smallest absolute Gasteiger partial charge is 0.374 e. The van der Waals surface area contributed by atoms with Crippen LogP contribution in [0.25, 0.3) is 6.08 Å². The highest BCUT2D eigenvalue weighted by molar-refractivity contribution is 5.52. The van der Waals surface area contributed by atoms with E-state index in [1.54, 1.807) is 0 Å². The molecule has 27 heavy (non-hydrogen) atoms. The van der Waals surface area contributed by atoms with Crippen molar-refractivity contribution in [3.63, 3.8) is 0 Å². The fraction of sp³-hybridized carbons (Fsp3) is 0.619. The molecule has 0 N–H and O–H groups in total. The first-order valence-electron chi connectivity index (χ1n) is 9.64. The molecule has 0 aliphatic heterocycles. The van der Waals surface area contributed by atoms with Crippen LogP contribution in [0.15, 0.2) is 18.2 Å². The average Bonchev–Trinajstić information content (AvgIpc) is 2.59. The van der Waals surface area contributed by atoms with Crippen LogP contribution in [0.5, 0.6) is 0 Å². The molecule has 0 amide bonds. The van der Waals surface area contributed by atoms with Crippen LogP contribution in [0.2, 0.25) is 0 Å². The summed E-state index contributed by atoms with van der Waals surface area (Å²) in [7, 11) is 0. The molecule has 0 saturated heterocycles. The molecule has 2 rings (SSSR count). The molecule has 1 nitrogen and oxygen atoms in total. The summed E-state index contributed by atoms with van der Waals surface area (Å²) in [5.74, 6) is -1.30. The van der Waals surface area contributed by atoms with Crippen LogP contribution in [0.1, 0.15) is 69.4 Å². The average molecular weight is 390 g/mol. The van der Waals surface area contributed by atoms with E-state index in [1.165, 1.54) is 25.7 Å². The van der Waals surface area contributed by atoms with Crippen molar-refractivity contribution in [1.82, 2.24) is 0 Å². The molecule has 152 valence electrons. The van der Waals surface area contributed by atoms with Crippen LogP contribution in [0.3, 0.4) is 0 Å². The van der Waals surface area contributed by atoms with Crippen molar-refractivity contribution in [2.45, 2.75) is 77.2 Å². The second kappa shape index (κ2) is 10.2. The fourth-order valence-electron chi connectivity index (χ4n) is 3.54. The van der Waals surface area contributed by atoms with Crippen molar-refractivity contribution in [1.29, 1.82) is 0 Å². The van der Waals surface area contributed by atoms with Crippen molar-refractivity contribution in [2.24, 2.45) is 5.92 Å². The van der Waals surface area contributed by atoms with Crippen molar-refractivity contribution >= 4 is 6.08 Å². The summed E-state index contributed by atoms with van der Waals surface area (Å²) in [5.41, 5.74) is -0.400. The Morgan fingerprint density at radius 2 is 1.67 bits per heavy atom. The Bertz CT molecular complexity index is 592. The predicted octanol–water partition coefficient (Wildman–Crippen LogP) is 7.20. The molecule has 1 saturated carbocycles. The van der Waals surface area contributed by atoms with Crippen molar-refractivity contribution in [3.05, 3.63) is 41.0 Å². The molecule has 0 heterocycles. The molecule has 0 spiro atoms. The zero-order valence-corrected chi connectivity index (χ0v) is 15.6. The first-order valence-corrected chi connectivity index (χ1v) is 9.64. The van der Waals surface area contributed by atoms with Gasteiger partial charge >= 0.3 is 6.18 Å². The van der Waals surface area contributed by atoms with Gasteiger partial charge in [-0.25, -0.2) is 8.78 Å². The molecule has 0 aromatic heterocycles. The number of unbranched alkanes of at least 4 members (excludes halogenated alkanes) is 2. The molecule has 0 radical (unpaired) electrons. The van der Waals surface area contributed by atoms with E-state index in [2.05, 4.69) is 6.92 Å². The van der Waals surface area contributed by atoms with Gasteiger partial charge in [-0.1, -0.05) is 32.6 Å². The second-order valence-corrected chi connectivity index (χ2v) is 7.30. The number of halogens is 5. The lowest BCUT2D eigenvalue weighted by Crippen LogP contribution is -2.21. The third kappa shape index (κ3) is 7.60. The highest BCUT2D eigenvalue weighted by Gasteiger charge is 2.23. The number of allylic oxidation sites excluding steroid dienone is 1. The summed E-state index contributed by atoms with van der Waals surface area (Å²) in [6.45, 7) is 2.25. The predicted molar refractivity (Wildman–Crippen MR) is 96.1 cm³/mol. The molecule has 0 unspecified atom stereocenters. The summed E-state index contributed by atoms with van der Waals surface area (Å²) < 4.78 is 70.2. The lowest BCUT2D eigenvalue weighted by atomic mass is 9.84. The third-order valence-electron chi connectivity index (χ3n) is 5.07. The van der Waals surface area contributed by atoms with Gasteiger partial charge in [-0.3, -0.25) is 0 Å². The first kappa shape index (κ1) is 21.9. The van der Waals surface area contributed by atoms with Crippen LogP contribution in [0.4, 0.5) is 22.0 Å². The van der Waals surface area contributed by atoms with Crippen LogP contribution in [-0.4, -0.2) is 12.3 Å². The van der Waals surface area contributed by atoms with E-state index in [4.69, 9.17) is 4.74 Å². The molecular weight excluding hydrogens is 363 g/mol. The summed E-state index contributed by atoms with van der Waals surface area (Å²) in [6.07, 6.45) is 4.79. The lowest BCUT2D eigenvalue weighted by molar-refractivity contribution is -0.0790. The van der Waals surface area contributed by atoms with E-state index in [9.17, 15) is 22.0 Å². The Balaban J connectivity index is 1.84. The molecule has 1 aromatic rings. The van der Waals surface area contributed by atoms with Gasteiger partial charge in [-0.15, -0.1) is 0 Å². The minimum atomic E-state index is -4.62. The highest BCUT2D eigenvalue weighted by Crippen LogP contribution is 2.30. The monoisotopic (exact) mass is 390 g/mol. The van der Waals surface area contributed by atoms with Gasteiger partial charge in [0.1, 0.15) is 11.6 Å². The van der Waals surface area contributed by atoms with E-state index >= 15 is 0 Å². The highest BCUT2D eigenvalue weighted by atomic mass is 19.4. The van der Waals surface area contributed by atoms with Crippen LogP contribution in [-0.2, 0) is 11.3 Å². The van der Waals surface area contributed by atoms with Gasteiger partial charge in [0, 0.05) is 11.6 Å². The topological polar surface area (TPSA) is 9.23 Å². The number of benzene rings is 1. The van der Waals surface area contributed by atoms with Gasteiger partial charge in [0.2, 0.25) is 0 Å². The van der Waals surface area contributed by atoms with Crippen LogP contribution >= 0.6 is 0 Å². The Hall–Kier alpha value is -1.43. The van der Waals surface area contributed by atoms with Gasteiger partial charge in [0.15, 0.2) is 0 Å². The minimum absolute atomic E-state index is 0.0578. The van der Waals surface area contributed by atoms with Crippen LogP contribution in [0, 0.1) is 17.6 Å². The van der Waals surface area contributed by atoms with Gasteiger partial charge < -0.3 is 4.74 Å². The minimum Gasteiger partial charge on any atom is -0.374 e. The van der Waals surface area contributed by atoms with Gasteiger partial charge in [0.25, 0.3) is 0 Å². The normalized spacial score (nSPS) is 21.1. The summed E-state index contributed by atoms with van der Waals surface area (Å²) in [4.78, 5) is 0. The van der Waals surface area contributed by atoms with Crippen LogP contribution < -0.4 is 0 Å². The maximum atomic E-state index is 13.9. The lowest BCUT2D eigenvalue weighted by Gasteiger charge is -2.28. The Labute approximate surface area is 157 Å². The second-order valence-electron chi connectivity index (χ2n) is 7.30. The van der Waals surface area contributed by atoms with Gasteiger partial charge in [0.05, 0.1) is 12.7 Å². The Morgan fingerprint density at radius 3 is 2.22 bits per heavy atom. The standard InChI is InChI=1S/C21H27F5O/c1-2-3-4-5-15-6-8-17(9-7-15)27-14-16-12-19(22)18(20(23)13-16)10-11-21(24,25)26/h10-13,15,17H,2-9,14H2,1H3/b11-10+. The Kier molecular flexibility index (Phi) is 8.27. The third-order valence-corrected chi connectivity index (χ3v) is 5.07. The number of hydrogen-bond acceptors (Lipinski definition) is 1.